The highest BCUT2D eigenvalue weighted by atomic mass is 16.5. The molecule has 0 N–H and O–H groups in total. The van der Waals surface area contributed by atoms with Gasteiger partial charge in [-0.3, -0.25) is 19.5 Å². The zero-order valence-corrected chi connectivity index (χ0v) is 17.5. The van der Waals surface area contributed by atoms with Crippen LogP contribution in [-0.2, 0) is 9.53 Å². The number of carbonyl (C=O) groups is 2. The van der Waals surface area contributed by atoms with Gasteiger partial charge in [-0.2, -0.15) is 0 Å². The molecule has 162 valence electrons. The van der Waals surface area contributed by atoms with Gasteiger partial charge in [0.15, 0.2) is 0 Å². The smallest absolute Gasteiger partial charge is 0.274 e. The molecule has 31 heavy (non-hydrogen) atoms. The molecule has 0 unspecified atom stereocenters. The van der Waals surface area contributed by atoms with Crippen molar-refractivity contribution in [1.29, 1.82) is 0 Å². The van der Waals surface area contributed by atoms with Crippen LogP contribution < -0.4 is 0 Å². The Hall–Kier alpha value is -2.84. The number of likely N-dealkylation sites (tertiary alicyclic amines) is 2. The van der Waals surface area contributed by atoms with Crippen molar-refractivity contribution in [2.24, 2.45) is 11.8 Å². The van der Waals surface area contributed by atoms with E-state index < -0.39 is 0 Å². The van der Waals surface area contributed by atoms with E-state index in [2.05, 4.69) is 27.0 Å². The second-order valence-corrected chi connectivity index (χ2v) is 8.51. The predicted octanol–water partition coefficient (Wildman–Crippen LogP) is 1.08. The van der Waals surface area contributed by atoms with Gasteiger partial charge in [-0.15, -0.1) is 0 Å². The lowest BCUT2D eigenvalue weighted by Gasteiger charge is -2.31. The molecule has 0 bridgehead atoms. The van der Waals surface area contributed by atoms with E-state index in [-0.39, 0.29) is 17.9 Å². The summed E-state index contributed by atoms with van der Waals surface area (Å²) in [6.45, 7) is 5.32. The predicted molar refractivity (Wildman–Crippen MR) is 113 cm³/mol. The van der Waals surface area contributed by atoms with Crippen molar-refractivity contribution >= 4 is 11.8 Å². The molecular formula is C23H27N5O3. The Labute approximate surface area is 181 Å². The van der Waals surface area contributed by atoms with Crippen molar-refractivity contribution in [1.82, 2.24) is 24.7 Å². The number of rotatable bonds is 4. The molecule has 0 aliphatic carbocycles. The molecule has 3 aliphatic rings. The second kappa shape index (κ2) is 8.72. The van der Waals surface area contributed by atoms with E-state index in [9.17, 15) is 9.59 Å². The van der Waals surface area contributed by atoms with Crippen LogP contribution in [0.2, 0.25) is 0 Å². The second-order valence-electron chi connectivity index (χ2n) is 8.51. The summed E-state index contributed by atoms with van der Waals surface area (Å²) < 4.78 is 5.36. The van der Waals surface area contributed by atoms with Crippen LogP contribution >= 0.6 is 0 Å². The maximum atomic E-state index is 13.3. The van der Waals surface area contributed by atoms with Gasteiger partial charge in [-0.1, -0.05) is 30.3 Å². The van der Waals surface area contributed by atoms with Gasteiger partial charge in [0.1, 0.15) is 5.69 Å². The molecule has 4 heterocycles. The first-order valence-electron chi connectivity index (χ1n) is 10.9. The van der Waals surface area contributed by atoms with E-state index in [4.69, 9.17) is 4.74 Å². The fourth-order valence-electron chi connectivity index (χ4n) is 5.21. The number of carbonyl (C=O) groups excluding carboxylic acids is 2. The third kappa shape index (κ3) is 4.05. The molecule has 0 saturated carbocycles. The number of hydrogen-bond acceptors (Lipinski definition) is 6. The normalized spacial score (nSPS) is 26.1. The maximum Gasteiger partial charge on any atom is 0.274 e. The third-order valence-electron chi connectivity index (χ3n) is 6.65. The molecular weight excluding hydrogens is 394 g/mol. The van der Waals surface area contributed by atoms with Crippen LogP contribution in [0.15, 0.2) is 48.9 Å². The van der Waals surface area contributed by atoms with Gasteiger partial charge in [0, 0.05) is 51.0 Å². The van der Waals surface area contributed by atoms with Gasteiger partial charge in [0.05, 0.1) is 32.0 Å². The number of aromatic nitrogens is 2. The van der Waals surface area contributed by atoms with E-state index in [1.807, 2.05) is 28.0 Å². The Morgan fingerprint density at radius 3 is 2.58 bits per heavy atom. The number of ether oxygens (including phenoxy) is 1. The minimum absolute atomic E-state index is 0.0239. The molecule has 0 radical (unpaired) electrons. The van der Waals surface area contributed by atoms with E-state index in [1.54, 1.807) is 12.4 Å². The lowest BCUT2D eigenvalue weighted by molar-refractivity contribution is -0.136. The minimum atomic E-state index is -0.0766. The van der Waals surface area contributed by atoms with Gasteiger partial charge in [-0.05, 0) is 11.5 Å². The molecule has 3 saturated heterocycles. The van der Waals surface area contributed by atoms with Crippen molar-refractivity contribution < 1.29 is 14.3 Å². The highest BCUT2D eigenvalue weighted by molar-refractivity contribution is 5.92. The lowest BCUT2D eigenvalue weighted by Crippen LogP contribution is -2.46. The summed E-state index contributed by atoms with van der Waals surface area (Å²) in [6.07, 6.45) is 4.67. The molecule has 1 aromatic carbocycles. The van der Waals surface area contributed by atoms with E-state index in [0.717, 1.165) is 18.7 Å². The summed E-state index contributed by atoms with van der Waals surface area (Å²) in [5, 5.41) is 0. The number of benzene rings is 1. The van der Waals surface area contributed by atoms with Crippen LogP contribution in [0, 0.1) is 11.8 Å². The maximum absolute atomic E-state index is 13.3. The van der Waals surface area contributed by atoms with Crippen LogP contribution in [-0.4, -0.2) is 89.0 Å². The quantitative estimate of drug-likeness (QED) is 0.735. The highest BCUT2D eigenvalue weighted by Gasteiger charge is 2.49. The third-order valence-corrected chi connectivity index (χ3v) is 6.65. The van der Waals surface area contributed by atoms with Crippen LogP contribution in [0.1, 0.15) is 22.1 Å². The van der Waals surface area contributed by atoms with Gasteiger partial charge < -0.3 is 14.5 Å². The first-order valence-corrected chi connectivity index (χ1v) is 10.9. The molecule has 8 nitrogen and oxygen atoms in total. The summed E-state index contributed by atoms with van der Waals surface area (Å²) in [7, 11) is 0. The number of nitrogens with zero attached hydrogens (tertiary/aromatic N) is 5. The molecule has 8 heteroatoms. The summed E-state index contributed by atoms with van der Waals surface area (Å²) in [6, 6.07) is 10.2. The summed E-state index contributed by atoms with van der Waals surface area (Å²) in [5.74, 6) is 0.725. The average Bonchev–Trinajstić information content (AvgIpc) is 3.37. The Balaban J connectivity index is 1.33. The van der Waals surface area contributed by atoms with Crippen molar-refractivity contribution in [2.45, 2.75) is 6.04 Å². The summed E-state index contributed by atoms with van der Waals surface area (Å²) >= 11 is 0. The molecule has 3 fully saturated rings. The Morgan fingerprint density at radius 1 is 1.03 bits per heavy atom. The molecule has 3 atom stereocenters. The fourth-order valence-corrected chi connectivity index (χ4v) is 5.21. The number of morpholine rings is 1. The average molecular weight is 422 g/mol. The van der Waals surface area contributed by atoms with E-state index >= 15 is 0 Å². The van der Waals surface area contributed by atoms with Gasteiger partial charge >= 0.3 is 0 Å². The van der Waals surface area contributed by atoms with Crippen molar-refractivity contribution in [2.75, 3.05) is 52.5 Å². The summed E-state index contributed by atoms with van der Waals surface area (Å²) in [5.41, 5.74) is 1.51. The standard InChI is InChI=1S/C23H27N5O3/c29-21(27-8-10-31-11-9-27)16-26-13-18-14-28(23(30)20-12-24-6-7-25-20)22(19(18)15-26)17-4-2-1-3-5-17/h1-7,12,18-19,22H,8-11,13-16H2/t18-,19-,22-/m0/s1. The van der Waals surface area contributed by atoms with E-state index in [1.165, 1.54) is 6.20 Å². The summed E-state index contributed by atoms with van der Waals surface area (Å²) in [4.78, 5) is 40.4. The SMILES string of the molecule is O=C(CN1C[C@H]2CN(C(=O)c3cnccn3)[C@@H](c3ccccc3)[C@H]2C1)N1CCOCC1. The van der Waals surface area contributed by atoms with Crippen molar-refractivity contribution in [3.63, 3.8) is 0 Å². The lowest BCUT2D eigenvalue weighted by atomic mass is 9.89. The minimum Gasteiger partial charge on any atom is -0.378 e. The van der Waals surface area contributed by atoms with Crippen molar-refractivity contribution in [3.05, 3.63) is 60.2 Å². The first kappa shape index (κ1) is 20.1. The Morgan fingerprint density at radius 2 is 1.84 bits per heavy atom. The van der Waals surface area contributed by atoms with Gasteiger partial charge in [0.2, 0.25) is 5.91 Å². The Kier molecular flexibility index (Phi) is 5.65. The molecule has 2 amide bonds. The first-order chi connectivity index (χ1) is 15.2. The Bertz CT molecular complexity index is 919. The molecule has 5 rings (SSSR count). The van der Waals surface area contributed by atoms with Crippen LogP contribution in [0.4, 0.5) is 0 Å². The topological polar surface area (TPSA) is 78.9 Å². The van der Waals surface area contributed by atoms with Gasteiger partial charge in [-0.25, -0.2) is 4.98 Å². The number of fused-ring (bicyclic) bond motifs is 1. The largest absolute Gasteiger partial charge is 0.378 e. The van der Waals surface area contributed by atoms with Crippen LogP contribution in [0.5, 0.6) is 0 Å². The van der Waals surface area contributed by atoms with Crippen molar-refractivity contribution in [3.8, 4) is 0 Å². The molecule has 0 spiro atoms. The number of amides is 2. The zero-order chi connectivity index (χ0) is 21.2. The fraction of sp³-hybridized carbons (Fsp3) is 0.478. The van der Waals surface area contributed by atoms with Crippen LogP contribution in [0.3, 0.4) is 0 Å². The number of hydrogen-bond donors (Lipinski definition) is 0. The highest BCUT2D eigenvalue weighted by Crippen LogP contribution is 2.45. The van der Waals surface area contributed by atoms with Crippen LogP contribution in [0.25, 0.3) is 0 Å². The van der Waals surface area contributed by atoms with E-state index in [0.29, 0.717) is 56.9 Å². The molecule has 3 aliphatic heterocycles. The zero-order valence-electron chi connectivity index (χ0n) is 17.5. The molecule has 1 aromatic heterocycles. The monoisotopic (exact) mass is 421 g/mol. The molecule has 2 aromatic rings. The van der Waals surface area contributed by atoms with Gasteiger partial charge in [0.25, 0.3) is 5.91 Å².